The monoisotopic (exact) mass is 443 g/mol. The Kier molecular flexibility index (Phi) is 8.49. The molecule has 3 aromatic rings. The SMILES string of the molecule is [C-]#N.[C-]=O.[Pt].c1ccc(-c2nc3ccccc3[n-]2)nc1. The molecule has 0 aliphatic carbocycles. The van der Waals surface area contributed by atoms with Crippen LogP contribution < -0.4 is 4.98 Å². The van der Waals surface area contributed by atoms with Gasteiger partial charge in [0.2, 0.25) is 0 Å². The Morgan fingerprint density at radius 1 is 1.00 bits per heavy atom. The molecule has 0 N–H and O–H groups in total. The zero-order valence-electron chi connectivity index (χ0n) is 10.1. The van der Waals surface area contributed by atoms with Crippen LogP contribution in [0.3, 0.4) is 0 Å². The van der Waals surface area contributed by atoms with Gasteiger partial charge in [0, 0.05) is 27.3 Å². The Morgan fingerprint density at radius 2 is 1.65 bits per heavy atom. The van der Waals surface area contributed by atoms with Gasteiger partial charge in [0.05, 0.1) is 5.69 Å². The van der Waals surface area contributed by atoms with Crippen LogP contribution in [-0.2, 0) is 25.9 Å². The van der Waals surface area contributed by atoms with E-state index in [9.17, 15) is 0 Å². The van der Waals surface area contributed by atoms with Crippen molar-refractivity contribution in [2.24, 2.45) is 0 Å². The molecule has 2 heterocycles. The Bertz CT molecular complexity index is 619. The zero-order chi connectivity index (χ0) is 14.1. The number of benzene rings is 1. The van der Waals surface area contributed by atoms with Gasteiger partial charge >= 0.3 is 0 Å². The minimum Gasteiger partial charge on any atom is -0.573 e. The number of para-hydroxylation sites is 2. The molecular formula is C14H8N4OPt-3. The summed E-state index contributed by atoms with van der Waals surface area (Å²) in [6, 6.07) is 13.5. The second-order valence-corrected chi connectivity index (χ2v) is 3.25. The molecule has 0 saturated heterocycles. The number of fused-ring (bicyclic) bond motifs is 1. The van der Waals surface area contributed by atoms with Gasteiger partial charge in [0.15, 0.2) is 0 Å². The number of rotatable bonds is 1. The summed E-state index contributed by atoms with van der Waals surface area (Å²) >= 11 is 0. The maximum atomic E-state index is 7.50. The number of pyridine rings is 1. The third kappa shape index (κ3) is 4.11. The van der Waals surface area contributed by atoms with Crippen molar-refractivity contribution >= 4 is 17.8 Å². The Labute approximate surface area is 131 Å². The van der Waals surface area contributed by atoms with Gasteiger partial charge in [-0.25, -0.2) is 0 Å². The summed E-state index contributed by atoms with van der Waals surface area (Å²) in [5.74, 6) is 0.691. The third-order valence-corrected chi connectivity index (χ3v) is 2.23. The molecule has 0 atom stereocenters. The van der Waals surface area contributed by atoms with Crippen LogP contribution in [0.1, 0.15) is 0 Å². The van der Waals surface area contributed by atoms with E-state index in [0.29, 0.717) is 5.82 Å². The average molecular weight is 443 g/mol. The molecular weight excluding hydrogens is 435 g/mol. The molecule has 0 bridgehead atoms. The third-order valence-electron chi connectivity index (χ3n) is 2.23. The van der Waals surface area contributed by atoms with E-state index >= 15 is 0 Å². The fourth-order valence-electron chi connectivity index (χ4n) is 1.52. The molecule has 6 heteroatoms. The van der Waals surface area contributed by atoms with Crippen molar-refractivity contribution in [1.82, 2.24) is 15.0 Å². The average Bonchev–Trinajstić information content (AvgIpc) is 2.96. The van der Waals surface area contributed by atoms with Crippen molar-refractivity contribution in [3.63, 3.8) is 0 Å². The van der Waals surface area contributed by atoms with Crippen LogP contribution in [0.5, 0.6) is 0 Å². The van der Waals surface area contributed by atoms with Crippen molar-refractivity contribution in [3.8, 4) is 11.5 Å². The van der Waals surface area contributed by atoms with E-state index in [1.165, 1.54) is 0 Å². The van der Waals surface area contributed by atoms with Gasteiger partial charge in [0.25, 0.3) is 0 Å². The molecule has 103 valence electrons. The van der Waals surface area contributed by atoms with Crippen LogP contribution >= 0.6 is 0 Å². The molecule has 5 nitrogen and oxygen atoms in total. The summed E-state index contributed by atoms with van der Waals surface area (Å²) in [4.78, 5) is 20.5. The molecule has 0 aliphatic heterocycles. The molecule has 0 fully saturated rings. The number of aromatic nitrogens is 3. The Morgan fingerprint density at radius 3 is 2.25 bits per heavy atom. The van der Waals surface area contributed by atoms with E-state index in [-0.39, 0.29) is 21.1 Å². The molecule has 20 heavy (non-hydrogen) atoms. The van der Waals surface area contributed by atoms with Crippen molar-refractivity contribution < 1.29 is 25.9 Å². The van der Waals surface area contributed by atoms with E-state index in [4.69, 9.17) is 16.6 Å². The number of carbonyl (C=O) groups excluding carboxylic acids is 1. The van der Waals surface area contributed by atoms with Gasteiger partial charge in [-0.05, 0) is 29.0 Å². The summed E-state index contributed by atoms with van der Waals surface area (Å²) < 4.78 is 0. The first kappa shape index (κ1) is 17.7. The standard InChI is InChI=1S/C12H8N3.CN.CO.Pt/c1-2-6-10-9(5-1)14-12(15-10)11-7-3-4-8-13-11;2*1-2;/h1-8H;;;/q3*-1;. The van der Waals surface area contributed by atoms with E-state index < -0.39 is 0 Å². The fourth-order valence-corrected chi connectivity index (χ4v) is 1.52. The minimum absolute atomic E-state index is 0. The Hall–Kier alpha value is -2.31. The summed E-state index contributed by atoms with van der Waals surface area (Å²) in [6.45, 7) is 9.25. The maximum absolute atomic E-state index is 7.50. The van der Waals surface area contributed by atoms with Crippen LogP contribution in [0.2, 0.25) is 0 Å². The quantitative estimate of drug-likeness (QED) is 0.538. The molecule has 0 aliphatic rings. The van der Waals surface area contributed by atoms with E-state index in [1.54, 1.807) is 6.20 Å². The fraction of sp³-hybridized carbons (Fsp3) is 0. The Balaban J connectivity index is 0.000000667. The van der Waals surface area contributed by atoms with Gasteiger partial charge in [-0.2, -0.15) is 0 Å². The summed E-state index contributed by atoms with van der Waals surface area (Å²) in [5, 5.41) is 6.25. The zero-order valence-corrected chi connectivity index (χ0v) is 12.4. The first-order valence-corrected chi connectivity index (χ1v) is 5.17. The first-order chi connectivity index (χ1) is 9.43. The van der Waals surface area contributed by atoms with E-state index in [0.717, 1.165) is 16.7 Å². The van der Waals surface area contributed by atoms with Crippen LogP contribution in [0.15, 0.2) is 48.7 Å². The number of hydrogen-bond donors (Lipinski definition) is 0. The van der Waals surface area contributed by atoms with Crippen molar-refractivity contribution in [2.75, 3.05) is 0 Å². The largest absolute Gasteiger partial charge is 0.573 e. The van der Waals surface area contributed by atoms with Crippen LogP contribution in [0.25, 0.3) is 22.6 Å². The van der Waals surface area contributed by atoms with E-state index in [2.05, 4.69) is 21.7 Å². The predicted octanol–water partition coefficient (Wildman–Crippen LogP) is 1.95. The van der Waals surface area contributed by atoms with Gasteiger partial charge in [-0.1, -0.05) is 30.3 Å². The van der Waals surface area contributed by atoms with Crippen molar-refractivity contribution in [2.45, 2.75) is 0 Å². The van der Waals surface area contributed by atoms with Crippen molar-refractivity contribution in [3.05, 3.63) is 55.2 Å². The molecule has 2 aromatic heterocycles. The molecule has 0 unspecified atom stereocenters. The first-order valence-electron chi connectivity index (χ1n) is 5.17. The van der Waals surface area contributed by atoms with Crippen LogP contribution in [0, 0.1) is 11.8 Å². The van der Waals surface area contributed by atoms with Gasteiger partial charge in [-0.15, -0.1) is 0 Å². The predicted molar refractivity (Wildman–Crippen MR) is 69.0 cm³/mol. The molecule has 0 spiro atoms. The molecule has 0 saturated carbocycles. The van der Waals surface area contributed by atoms with Gasteiger partial charge in [0.1, 0.15) is 0 Å². The van der Waals surface area contributed by atoms with Crippen molar-refractivity contribution in [1.29, 1.82) is 5.26 Å². The van der Waals surface area contributed by atoms with E-state index in [1.807, 2.05) is 42.5 Å². The number of nitrogens with zero attached hydrogens (tertiary/aromatic N) is 4. The van der Waals surface area contributed by atoms with Gasteiger partial charge in [-0.3, -0.25) is 4.98 Å². The smallest absolute Gasteiger partial charge is 0.0620 e. The molecule has 1 aromatic carbocycles. The molecule has 0 amide bonds. The maximum Gasteiger partial charge on any atom is 0.0620 e. The number of hydrogen-bond acceptors (Lipinski definition) is 4. The summed E-state index contributed by atoms with van der Waals surface area (Å²) in [6.07, 6.45) is 1.75. The summed E-state index contributed by atoms with van der Waals surface area (Å²) in [7, 11) is 0. The normalized spacial score (nSPS) is 8.30. The minimum atomic E-state index is 0. The topological polar surface area (TPSA) is 80.7 Å². The molecule has 1 radical (unpaired) electrons. The molecule has 3 rings (SSSR count). The second kappa shape index (κ2) is 9.60. The number of imidazole rings is 1. The van der Waals surface area contributed by atoms with Gasteiger partial charge < -0.3 is 33.4 Å². The van der Waals surface area contributed by atoms with Crippen LogP contribution in [-0.4, -0.2) is 16.8 Å². The summed E-state index contributed by atoms with van der Waals surface area (Å²) in [5.41, 5.74) is 2.64. The van der Waals surface area contributed by atoms with Crippen LogP contribution in [0.4, 0.5) is 0 Å². The second-order valence-electron chi connectivity index (χ2n) is 3.25.